The minimum absolute atomic E-state index is 0.0500. The van der Waals surface area contributed by atoms with Gasteiger partial charge < -0.3 is 10.8 Å². The maximum Gasteiger partial charge on any atom is 0.307 e. The van der Waals surface area contributed by atoms with E-state index in [2.05, 4.69) is 5.92 Å². The molecule has 3 heteroatoms. The minimum Gasteiger partial charge on any atom is -0.481 e. The summed E-state index contributed by atoms with van der Waals surface area (Å²) in [5, 5.41) is 8.65. The van der Waals surface area contributed by atoms with E-state index < -0.39 is 5.97 Å². The molecule has 0 unspecified atom stereocenters. The highest BCUT2D eigenvalue weighted by atomic mass is 16.4. The van der Waals surface area contributed by atoms with E-state index in [4.69, 9.17) is 17.3 Å². The van der Waals surface area contributed by atoms with Gasteiger partial charge in [0.25, 0.3) is 0 Å². The van der Waals surface area contributed by atoms with Gasteiger partial charge in [0.1, 0.15) is 0 Å². The van der Waals surface area contributed by atoms with Crippen LogP contribution in [-0.4, -0.2) is 11.1 Å². The Bertz CT molecular complexity index is 416. The first-order valence-electron chi connectivity index (χ1n) is 4.12. The van der Waals surface area contributed by atoms with Crippen LogP contribution in [0, 0.1) is 19.3 Å². The highest BCUT2D eigenvalue weighted by Crippen LogP contribution is 2.18. The predicted molar refractivity (Wildman–Crippen MR) is 54.9 cm³/mol. The summed E-state index contributed by atoms with van der Waals surface area (Å²) in [7, 11) is 0. The fourth-order valence-corrected chi connectivity index (χ4v) is 1.30. The Morgan fingerprint density at radius 3 is 2.79 bits per heavy atom. The molecule has 0 heterocycles. The molecule has 0 aliphatic carbocycles. The topological polar surface area (TPSA) is 63.3 Å². The lowest BCUT2D eigenvalue weighted by molar-refractivity contribution is -0.136. The normalized spacial score (nSPS) is 9.43. The average molecular weight is 189 g/mol. The van der Waals surface area contributed by atoms with Gasteiger partial charge in [0.05, 0.1) is 6.42 Å². The third kappa shape index (κ3) is 2.05. The predicted octanol–water partition coefficient (Wildman–Crippen LogP) is 1.19. The molecule has 3 nitrogen and oxygen atoms in total. The molecule has 0 amide bonds. The number of anilines is 1. The molecular weight excluding hydrogens is 178 g/mol. The molecule has 0 spiro atoms. The Morgan fingerprint density at radius 2 is 2.29 bits per heavy atom. The van der Waals surface area contributed by atoms with Crippen molar-refractivity contribution in [2.75, 3.05) is 5.73 Å². The van der Waals surface area contributed by atoms with E-state index in [0.29, 0.717) is 16.8 Å². The van der Waals surface area contributed by atoms with Crippen LogP contribution in [0.4, 0.5) is 5.69 Å². The molecule has 0 saturated carbocycles. The summed E-state index contributed by atoms with van der Waals surface area (Å²) in [6, 6.07) is 3.31. The van der Waals surface area contributed by atoms with Crippen molar-refractivity contribution in [1.82, 2.24) is 0 Å². The van der Waals surface area contributed by atoms with Crippen molar-refractivity contribution in [1.29, 1.82) is 0 Å². The van der Waals surface area contributed by atoms with E-state index in [0.717, 1.165) is 5.56 Å². The molecule has 14 heavy (non-hydrogen) atoms. The lowest BCUT2D eigenvalue weighted by atomic mass is 9.99. The number of carbonyl (C=O) groups is 1. The summed E-state index contributed by atoms with van der Waals surface area (Å²) in [6.45, 7) is 1.80. The average Bonchev–Trinajstić information content (AvgIpc) is 2.09. The fraction of sp³-hybridized carbons (Fsp3) is 0.182. The van der Waals surface area contributed by atoms with Crippen molar-refractivity contribution >= 4 is 11.7 Å². The minimum atomic E-state index is -0.887. The van der Waals surface area contributed by atoms with Gasteiger partial charge in [-0.05, 0) is 30.2 Å². The molecule has 3 N–H and O–H groups in total. The maximum absolute atomic E-state index is 10.5. The van der Waals surface area contributed by atoms with Crippen LogP contribution in [0.1, 0.15) is 16.7 Å². The van der Waals surface area contributed by atoms with Crippen LogP contribution >= 0.6 is 0 Å². The van der Waals surface area contributed by atoms with E-state index in [-0.39, 0.29) is 6.42 Å². The zero-order valence-electron chi connectivity index (χ0n) is 7.87. The van der Waals surface area contributed by atoms with Crippen LogP contribution in [0.25, 0.3) is 0 Å². The number of benzene rings is 1. The number of carboxylic acids is 1. The van der Waals surface area contributed by atoms with Gasteiger partial charge in [-0.15, -0.1) is 6.42 Å². The van der Waals surface area contributed by atoms with Crippen LogP contribution in [0.3, 0.4) is 0 Å². The van der Waals surface area contributed by atoms with Gasteiger partial charge in [-0.2, -0.15) is 0 Å². The summed E-state index contributed by atoms with van der Waals surface area (Å²) in [6.07, 6.45) is 5.22. The van der Waals surface area contributed by atoms with Gasteiger partial charge in [-0.25, -0.2) is 0 Å². The molecule has 0 aromatic heterocycles. The lowest BCUT2D eigenvalue weighted by Crippen LogP contribution is -2.04. The van der Waals surface area contributed by atoms with E-state index >= 15 is 0 Å². The maximum atomic E-state index is 10.5. The second-order valence-electron chi connectivity index (χ2n) is 3.07. The van der Waals surface area contributed by atoms with E-state index in [1.165, 1.54) is 0 Å². The summed E-state index contributed by atoms with van der Waals surface area (Å²) >= 11 is 0. The summed E-state index contributed by atoms with van der Waals surface area (Å²) in [4.78, 5) is 10.5. The van der Waals surface area contributed by atoms with Crippen LogP contribution in [0.2, 0.25) is 0 Å². The Balaban J connectivity index is 3.23. The number of hydrogen-bond acceptors (Lipinski definition) is 2. The summed E-state index contributed by atoms with van der Waals surface area (Å²) < 4.78 is 0. The van der Waals surface area contributed by atoms with Crippen molar-refractivity contribution in [3.8, 4) is 12.3 Å². The Hall–Kier alpha value is -1.95. The van der Waals surface area contributed by atoms with E-state index in [1.807, 2.05) is 0 Å². The molecule has 0 radical (unpaired) electrons. The van der Waals surface area contributed by atoms with Gasteiger partial charge >= 0.3 is 5.97 Å². The third-order valence-electron chi connectivity index (χ3n) is 2.03. The first-order valence-corrected chi connectivity index (χ1v) is 4.12. The monoisotopic (exact) mass is 189 g/mol. The van der Waals surface area contributed by atoms with Crippen molar-refractivity contribution in [2.45, 2.75) is 13.3 Å². The first-order chi connectivity index (χ1) is 6.54. The molecule has 0 bridgehead atoms. The molecule has 1 rings (SSSR count). The zero-order valence-corrected chi connectivity index (χ0v) is 7.87. The highest BCUT2D eigenvalue weighted by Gasteiger charge is 2.07. The van der Waals surface area contributed by atoms with Gasteiger partial charge in [0.15, 0.2) is 0 Å². The standard InChI is InChI=1S/C11H11NO2/c1-3-8-4-10(12)5-9(7(8)2)6-11(13)14/h1,4-5H,6,12H2,2H3,(H,13,14). The summed E-state index contributed by atoms with van der Waals surface area (Å²) in [5.41, 5.74) is 8.23. The van der Waals surface area contributed by atoms with Crippen LogP contribution in [0.5, 0.6) is 0 Å². The van der Waals surface area contributed by atoms with Gasteiger partial charge in [0, 0.05) is 11.3 Å². The molecule has 0 aliphatic heterocycles. The molecule has 0 atom stereocenters. The van der Waals surface area contributed by atoms with Gasteiger partial charge in [0.2, 0.25) is 0 Å². The number of nitrogen functional groups attached to an aromatic ring is 1. The second kappa shape index (κ2) is 3.84. The largest absolute Gasteiger partial charge is 0.481 e. The molecular formula is C11H11NO2. The van der Waals surface area contributed by atoms with Crippen molar-refractivity contribution in [3.05, 3.63) is 28.8 Å². The van der Waals surface area contributed by atoms with Gasteiger partial charge in [-0.3, -0.25) is 4.79 Å². The van der Waals surface area contributed by atoms with Crippen LogP contribution in [-0.2, 0) is 11.2 Å². The fourth-order valence-electron chi connectivity index (χ4n) is 1.30. The molecule has 72 valence electrons. The number of terminal acetylenes is 1. The molecule has 0 saturated heterocycles. The number of aliphatic carboxylic acids is 1. The van der Waals surface area contributed by atoms with Crippen LogP contribution in [0.15, 0.2) is 12.1 Å². The van der Waals surface area contributed by atoms with Crippen LogP contribution < -0.4 is 5.73 Å². The van der Waals surface area contributed by atoms with Crippen molar-refractivity contribution in [2.24, 2.45) is 0 Å². The number of hydrogen-bond donors (Lipinski definition) is 2. The SMILES string of the molecule is C#Cc1cc(N)cc(CC(=O)O)c1C. The number of nitrogens with two attached hydrogens (primary N) is 1. The Labute approximate surface area is 82.6 Å². The lowest BCUT2D eigenvalue weighted by Gasteiger charge is -2.07. The van der Waals surface area contributed by atoms with E-state index in [1.54, 1.807) is 19.1 Å². The zero-order chi connectivity index (χ0) is 10.7. The Morgan fingerprint density at radius 1 is 1.64 bits per heavy atom. The quantitative estimate of drug-likeness (QED) is 0.542. The smallest absolute Gasteiger partial charge is 0.307 e. The molecule has 0 aliphatic rings. The van der Waals surface area contributed by atoms with E-state index in [9.17, 15) is 4.79 Å². The van der Waals surface area contributed by atoms with Gasteiger partial charge in [-0.1, -0.05) is 5.92 Å². The van der Waals surface area contributed by atoms with Crippen molar-refractivity contribution in [3.63, 3.8) is 0 Å². The highest BCUT2D eigenvalue weighted by molar-refractivity contribution is 5.72. The van der Waals surface area contributed by atoms with Crippen molar-refractivity contribution < 1.29 is 9.90 Å². The first kappa shape index (κ1) is 10.1. The molecule has 0 fully saturated rings. The second-order valence-corrected chi connectivity index (χ2v) is 3.07. The Kier molecular flexibility index (Phi) is 2.78. The third-order valence-corrected chi connectivity index (χ3v) is 2.03. The number of rotatable bonds is 2. The summed E-state index contributed by atoms with van der Waals surface area (Å²) in [5.74, 6) is 1.59. The molecule has 1 aromatic rings. The number of carboxylic acid groups (broad SMARTS) is 1. The molecule has 1 aromatic carbocycles.